The van der Waals surface area contributed by atoms with Crippen molar-refractivity contribution < 1.29 is 14.4 Å². The van der Waals surface area contributed by atoms with Gasteiger partial charge in [0.05, 0.1) is 29.4 Å². The van der Waals surface area contributed by atoms with Gasteiger partial charge in [0, 0.05) is 24.9 Å². The van der Waals surface area contributed by atoms with Gasteiger partial charge in [-0.3, -0.25) is 4.79 Å². The summed E-state index contributed by atoms with van der Waals surface area (Å²) in [6, 6.07) is 13.2. The highest BCUT2D eigenvalue weighted by molar-refractivity contribution is 6.42. The fraction of sp³-hybridized carbons (Fsp3) is 0.417. The van der Waals surface area contributed by atoms with Gasteiger partial charge >= 0.3 is 0 Å². The number of hydrogen-bond donors (Lipinski definition) is 0. The van der Waals surface area contributed by atoms with Crippen molar-refractivity contribution in [1.29, 1.82) is 0 Å². The molecule has 0 bridgehead atoms. The summed E-state index contributed by atoms with van der Waals surface area (Å²) in [4.78, 5) is 20.6. The average molecular weight is 463 g/mol. The Bertz CT molecular complexity index is 970. The third-order valence-corrected chi connectivity index (χ3v) is 5.69. The Morgan fingerprint density at radius 2 is 1.97 bits per heavy atom. The second-order valence-electron chi connectivity index (χ2n) is 8.96. The summed E-state index contributed by atoms with van der Waals surface area (Å²) in [6.45, 7) is 7.11. The normalized spacial score (nSPS) is 15.9. The Labute approximate surface area is 193 Å². The van der Waals surface area contributed by atoms with Crippen LogP contribution in [0.4, 0.5) is 0 Å². The molecule has 1 amide bonds. The molecular formula is C24H28Cl2N2O3. The van der Waals surface area contributed by atoms with Crippen molar-refractivity contribution >= 4 is 34.8 Å². The molecule has 2 aromatic rings. The van der Waals surface area contributed by atoms with E-state index in [-0.39, 0.29) is 17.4 Å². The van der Waals surface area contributed by atoms with Gasteiger partial charge in [0.15, 0.2) is 6.10 Å². The fourth-order valence-corrected chi connectivity index (χ4v) is 3.73. The van der Waals surface area contributed by atoms with Gasteiger partial charge in [-0.2, -0.15) is 0 Å². The van der Waals surface area contributed by atoms with E-state index >= 15 is 0 Å². The van der Waals surface area contributed by atoms with Crippen LogP contribution in [0.1, 0.15) is 44.7 Å². The predicted octanol–water partition coefficient (Wildman–Crippen LogP) is 5.96. The standard InChI is InChI=1S/C24H28Cl2N2O3/c1-24(2,3)13-23(29)28(14-16-6-5-7-18(10-16)30-4)15-19-12-22(27-31-19)17-8-9-20(25)21(26)11-17/h5-11,19H,12-15H2,1-4H3/t19-/m0/s1. The van der Waals surface area contributed by atoms with Crippen molar-refractivity contribution in [2.75, 3.05) is 13.7 Å². The van der Waals surface area contributed by atoms with Crippen molar-refractivity contribution in [2.24, 2.45) is 10.6 Å². The lowest BCUT2D eigenvalue weighted by molar-refractivity contribution is -0.135. The summed E-state index contributed by atoms with van der Waals surface area (Å²) in [5, 5.41) is 5.21. The minimum atomic E-state index is -0.223. The molecular weight excluding hydrogens is 435 g/mol. The predicted molar refractivity (Wildman–Crippen MR) is 125 cm³/mol. The molecule has 2 aromatic carbocycles. The Hall–Kier alpha value is -2.24. The van der Waals surface area contributed by atoms with Gasteiger partial charge in [-0.05, 0) is 35.2 Å². The number of hydrogen-bond acceptors (Lipinski definition) is 4. The highest BCUT2D eigenvalue weighted by atomic mass is 35.5. The summed E-state index contributed by atoms with van der Waals surface area (Å²) < 4.78 is 5.33. The highest BCUT2D eigenvalue weighted by Gasteiger charge is 2.29. The van der Waals surface area contributed by atoms with Crippen molar-refractivity contribution in [2.45, 2.75) is 46.3 Å². The van der Waals surface area contributed by atoms with Gasteiger partial charge in [-0.25, -0.2) is 0 Å². The van der Waals surface area contributed by atoms with E-state index in [2.05, 4.69) is 25.9 Å². The number of ether oxygens (including phenoxy) is 1. The van der Waals surface area contributed by atoms with Crippen molar-refractivity contribution in [3.05, 3.63) is 63.6 Å². The van der Waals surface area contributed by atoms with Crippen LogP contribution in [-0.2, 0) is 16.2 Å². The maximum atomic E-state index is 13.1. The molecule has 0 saturated heterocycles. The molecule has 1 atom stereocenters. The Balaban J connectivity index is 1.72. The lowest BCUT2D eigenvalue weighted by atomic mass is 9.91. The van der Waals surface area contributed by atoms with E-state index in [0.717, 1.165) is 22.6 Å². The first-order valence-corrected chi connectivity index (χ1v) is 11.0. The summed E-state index contributed by atoms with van der Waals surface area (Å²) in [5.41, 5.74) is 2.57. The number of benzene rings is 2. The molecule has 0 N–H and O–H groups in total. The summed E-state index contributed by atoms with van der Waals surface area (Å²) >= 11 is 12.2. The Kier molecular flexibility index (Phi) is 7.50. The van der Waals surface area contributed by atoms with E-state index in [0.29, 0.717) is 36.0 Å². The van der Waals surface area contributed by atoms with Crippen LogP contribution >= 0.6 is 23.2 Å². The minimum Gasteiger partial charge on any atom is -0.497 e. The molecule has 1 heterocycles. The number of halogens is 2. The maximum Gasteiger partial charge on any atom is 0.223 e. The molecule has 0 saturated carbocycles. The van der Waals surface area contributed by atoms with E-state index in [1.54, 1.807) is 19.2 Å². The third kappa shape index (κ3) is 6.62. The molecule has 166 valence electrons. The van der Waals surface area contributed by atoms with E-state index in [1.807, 2.05) is 35.2 Å². The van der Waals surface area contributed by atoms with Crippen LogP contribution in [0.25, 0.3) is 0 Å². The molecule has 7 heteroatoms. The first kappa shape index (κ1) is 23.4. The second-order valence-corrected chi connectivity index (χ2v) is 9.78. The maximum absolute atomic E-state index is 13.1. The molecule has 1 aliphatic heterocycles. The van der Waals surface area contributed by atoms with Crippen LogP contribution in [0, 0.1) is 5.41 Å². The summed E-state index contributed by atoms with van der Waals surface area (Å²) in [6.07, 6.45) is 0.818. The van der Waals surface area contributed by atoms with Crippen molar-refractivity contribution in [3.8, 4) is 5.75 Å². The number of amides is 1. The van der Waals surface area contributed by atoms with Gasteiger partial charge in [0.2, 0.25) is 5.91 Å². The minimum absolute atomic E-state index is 0.0851. The van der Waals surface area contributed by atoms with Crippen LogP contribution in [0.5, 0.6) is 5.75 Å². The lowest BCUT2D eigenvalue weighted by Gasteiger charge is -2.28. The zero-order chi connectivity index (χ0) is 22.6. The molecule has 31 heavy (non-hydrogen) atoms. The van der Waals surface area contributed by atoms with Gasteiger partial charge in [0.1, 0.15) is 5.75 Å². The first-order valence-electron chi connectivity index (χ1n) is 10.2. The highest BCUT2D eigenvalue weighted by Crippen LogP contribution is 2.27. The van der Waals surface area contributed by atoms with Crippen molar-refractivity contribution in [1.82, 2.24) is 4.90 Å². The molecule has 0 fully saturated rings. The topological polar surface area (TPSA) is 51.1 Å². The van der Waals surface area contributed by atoms with Crippen LogP contribution < -0.4 is 4.74 Å². The molecule has 3 rings (SSSR count). The average Bonchev–Trinajstić information content (AvgIpc) is 3.17. The van der Waals surface area contributed by atoms with E-state index in [4.69, 9.17) is 32.8 Å². The molecule has 0 spiro atoms. The quantitative estimate of drug-likeness (QED) is 0.509. The Morgan fingerprint density at radius 1 is 1.19 bits per heavy atom. The molecule has 0 radical (unpaired) electrons. The SMILES string of the molecule is COc1cccc(CN(C[C@@H]2CC(c3ccc(Cl)c(Cl)c3)=NO2)C(=O)CC(C)(C)C)c1. The van der Waals surface area contributed by atoms with Gasteiger partial charge in [0.25, 0.3) is 0 Å². The molecule has 1 aliphatic rings. The van der Waals surface area contributed by atoms with Crippen molar-refractivity contribution in [3.63, 3.8) is 0 Å². The summed E-state index contributed by atoms with van der Waals surface area (Å²) in [7, 11) is 1.63. The van der Waals surface area contributed by atoms with Crippen LogP contribution in [0.3, 0.4) is 0 Å². The van der Waals surface area contributed by atoms with E-state index in [9.17, 15) is 4.79 Å². The lowest BCUT2D eigenvalue weighted by Crippen LogP contribution is -2.38. The number of nitrogens with zero attached hydrogens (tertiary/aromatic N) is 2. The fourth-order valence-electron chi connectivity index (χ4n) is 3.43. The van der Waals surface area contributed by atoms with Gasteiger partial charge in [-0.15, -0.1) is 0 Å². The zero-order valence-corrected chi connectivity index (χ0v) is 19.8. The number of methoxy groups -OCH3 is 1. The number of rotatable bonds is 7. The molecule has 5 nitrogen and oxygen atoms in total. The van der Waals surface area contributed by atoms with Crippen LogP contribution in [0.15, 0.2) is 47.6 Å². The number of carbonyl (C=O) groups excluding carboxylic acids is 1. The molecule has 0 aliphatic carbocycles. The van der Waals surface area contributed by atoms with Gasteiger partial charge in [-0.1, -0.05) is 67.3 Å². The van der Waals surface area contributed by atoms with Crippen LogP contribution in [-0.4, -0.2) is 36.3 Å². The monoisotopic (exact) mass is 462 g/mol. The van der Waals surface area contributed by atoms with Gasteiger partial charge < -0.3 is 14.5 Å². The molecule has 0 aromatic heterocycles. The second kappa shape index (κ2) is 9.92. The first-order chi connectivity index (χ1) is 14.6. The molecule has 0 unspecified atom stereocenters. The summed E-state index contributed by atoms with van der Waals surface area (Å²) in [5.74, 6) is 0.852. The van der Waals surface area contributed by atoms with E-state index < -0.39 is 0 Å². The zero-order valence-electron chi connectivity index (χ0n) is 18.3. The van der Waals surface area contributed by atoms with E-state index in [1.165, 1.54) is 0 Å². The number of oxime groups is 1. The van der Waals surface area contributed by atoms with Crippen LogP contribution in [0.2, 0.25) is 10.0 Å². The largest absolute Gasteiger partial charge is 0.497 e. The Morgan fingerprint density at radius 3 is 2.65 bits per heavy atom. The smallest absolute Gasteiger partial charge is 0.223 e. The third-order valence-electron chi connectivity index (χ3n) is 4.95. The number of carbonyl (C=O) groups is 1.